The van der Waals surface area contributed by atoms with Crippen molar-refractivity contribution < 1.29 is 14.8 Å². The Morgan fingerprint density at radius 1 is 1.40 bits per heavy atom. The van der Waals surface area contributed by atoms with Crippen molar-refractivity contribution >= 4 is 17.3 Å². The Kier molecular flexibility index (Phi) is 4.22. The SMILES string of the molecule is CC1CCCCCN1c1c(C(=O)O)cccc1[N+](=O)[O-]. The summed E-state index contributed by atoms with van der Waals surface area (Å²) in [5, 5.41) is 20.5. The monoisotopic (exact) mass is 278 g/mol. The largest absolute Gasteiger partial charge is 0.478 e. The first-order valence-electron chi connectivity index (χ1n) is 6.79. The smallest absolute Gasteiger partial charge is 0.338 e. The molecule has 1 saturated heterocycles. The second-order valence-corrected chi connectivity index (χ2v) is 5.13. The van der Waals surface area contributed by atoms with Crippen LogP contribution in [0.25, 0.3) is 0 Å². The molecule has 0 radical (unpaired) electrons. The van der Waals surface area contributed by atoms with Gasteiger partial charge in [-0.15, -0.1) is 0 Å². The van der Waals surface area contributed by atoms with E-state index >= 15 is 0 Å². The standard InChI is InChI=1S/C14H18N2O4/c1-10-6-3-2-4-9-15(10)13-11(14(17)18)7-5-8-12(13)16(19)20/h5,7-8,10H,2-4,6,9H2,1H3,(H,17,18). The van der Waals surface area contributed by atoms with E-state index in [0.717, 1.165) is 25.7 Å². The van der Waals surface area contributed by atoms with Crippen molar-refractivity contribution in [2.45, 2.75) is 38.6 Å². The summed E-state index contributed by atoms with van der Waals surface area (Å²) in [6.45, 7) is 2.65. The number of anilines is 1. The lowest BCUT2D eigenvalue weighted by atomic mass is 10.1. The number of aromatic carboxylic acids is 1. The van der Waals surface area contributed by atoms with Gasteiger partial charge in [0.15, 0.2) is 0 Å². The van der Waals surface area contributed by atoms with E-state index in [1.807, 2.05) is 11.8 Å². The summed E-state index contributed by atoms with van der Waals surface area (Å²) < 4.78 is 0. The Morgan fingerprint density at radius 2 is 2.15 bits per heavy atom. The lowest BCUT2D eigenvalue weighted by molar-refractivity contribution is -0.384. The molecule has 0 amide bonds. The molecule has 0 spiro atoms. The van der Waals surface area contributed by atoms with Gasteiger partial charge in [0.05, 0.1) is 10.5 Å². The first kappa shape index (κ1) is 14.3. The minimum absolute atomic E-state index is 0.00736. The Labute approximate surface area is 117 Å². The summed E-state index contributed by atoms with van der Waals surface area (Å²) >= 11 is 0. The van der Waals surface area contributed by atoms with Crippen molar-refractivity contribution in [2.75, 3.05) is 11.4 Å². The molecular formula is C14H18N2O4. The summed E-state index contributed by atoms with van der Waals surface area (Å²) in [6, 6.07) is 4.34. The molecule has 0 bridgehead atoms. The van der Waals surface area contributed by atoms with Gasteiger partial charge in [0, 0.05) is 18.7 Å². The maximum Gasteiger partial charge on any atom is 0.338 e. The molecule has 0 aliphatic carbocycles. The third-order valence-electron chi connectivity index (χ3n) is 3.78. The number of carbonyl (C=O) groups is 1. The fourth-order valence-electron chi connectivity index (χ4n) is 2.76. The summed E-state index contributed by atoms with van der Waals surface area (Å²) in [4.78, 5) is 24.0. The molecule has 1 fully saturated rings. The van der Waals surface area contributed by atoms with Crippen LogP contribution in [0, 0.1) is 10.1 Å². The summed E-state index contributed by atoms with van der Waals surface area (Å²) in [5.41, 5.74) is 0.131. The number of rotatable bonds is 3. The van der Waals surface area contributed by atoms with Crippen LogP contribution < -0.4 is 4.90 Å². The molecule has 1 unspecified atom stereocenters. The Bertz CT molecular complexity index is 498. The molecule has 1 aromatic carbocycles. The van der Waals surface area contributed by atoms with Gasteiger partial charge in [-0.3, -0.25) is 10.1 Å². The Morgan fingerprint density at radius 3 is 2.80 bits per heavy atom. The summed E-state index contributed by atoms with van der Waals surface area (Å²) in [5.74, 6) is -1.12. The highest BCUT2D eigenvalue weighted by Gasteiger charge is 2.29. The van der Waals surface area contributed by atoms with Crippen LogP contribution >= 0.6 is 0 Å². The fraction of sp³-hybridized carbons (Fsp3) is 0.500. The van der Waals surface area contributed by atoms with Crippen molar-refractivity contribution in [3.63, 3.8) is 0 Å². The Balaban J connectivity index is 2.56. The quantitative estimate of drug-likeness (QED) is 0.678. The zero-order valence-corrected chi connectivity index (χ0v) is 11.4. The van der Waals surface area contributed by atoms with Gasteiger partial charge in [0.25, 0.3) is 5.69 Å². The van der Waals surface area contributed by atoms with Gasteiger partial charge in [-0.25, -0.2) is 4.79 Å². The maximum atomic E-state index is 11.4. The topological polar surface area (TPSA) is 83.7 Å². The van der Waals surface area contributed by atoms with Crippen molar-refractivity contribution in [3.8, 4) is 0 Å². The van der Waals surface area contributed by atoms with Crippen LogP contribution in [0.2, 0.25) is 0 Å². The number of benzene rings is 1. The second kappa shape index (κ2) is 5.90. The molecule has 2 rings (SSSR count). The Hall–Kier alpha value is -2.11. The van der Waals surface area contributed by atoms with E-state index in [2.05, 4.69) is 0 Å². The average molecular weight is 278 g/mol. The van der Waals surface area contributed by atoms with Gasteiger partial charge < -0.3 is 10.0 Å². The van der Waals surface area contributed by atoms with E-state index in [9.17, 15) is 20.0 Å². The molecule has 20 heavy (non-hydrogen) atoms. The number of carboxylic acids is 1. The third-order valence-corrected chi connectivity index (χ3v) is 3.78. The van der Waals surface area contributed by atoms with Crippen molar-refractivity contribution in [1.82, 2.24) is 0 Å². The average Bonchev–Trinajstić information content (AvgIpc) is 2.62. The zero-order chi connectivity index (χ0) is 14.7. The highest BCUT2D eigenvalue weighted by molar-refractivity contribution is 5.97. The van der Waals surface area contributed by atoms with E-state index < -0.39 is 10.9 Å². The number of nitro benzene ring substituents is 1. The summed E-state index contributed by atoms with van der Waals surface area (Å²) in [7, 11) is 0. The van der Waals surface area contributed by atoms with Crippen molar-refractivity contribution in [3.05, 3.63) is 33.9 Å². The van der Waals surface area contributed by atoms with E-state index in [0.29, 0.717) is 6.54 Å². The molecule has 0 saturated carbocycles. The van der Waals surface area contributed by atoms with Gasteiger partial charge in [-0.2, -0.15) is 0 Å². The molecule has 6 nitrogen and oxygen atoms in total. The highest BCUT2D eigenvalue weighted by Crippen LogP contribution is 2.35. The number of para-hydroxylation sites is 1. The molecule has 1 aliphatic rings. The minimum Gasteiger partial charge on any atom is -0.478 e. The highest BCUT2D eigenvalue weighted by atomic mass is 16.6. The number of nitrogens with zero attached hydrogens (tertiary/aromatic N) is 2. The van der Waals surface area contributed by atoms with Gasteiger partial charge in [0.2, 0.25) is 0 Å². The molecule has 1 aromatic rings. The number of nitro groups is 1. The lowest BCUT2D eigenvalue weighted by Gasteiger charge is -2.30. The molecule has 1 atom stereocenters. The van der Waals surface area contributed by atoms with E-state index in [1.54, 1.807) is 0 Å². The first-order valence-corrected chi connectivity index (χ1v) is 6.79. The normalized spacial score (nSPS) is 19.4. The van der Waals surface area contributed by atoms with Crippen LogP contribution in [0.5, 0.6) is 0 Å². The predicted molar refractivity (Wildman–Crippen MR) is 75.3 cm³/mol. The second-order valence-electron chi connectivity index (χ2n) is 5.13. The first-order chi connectivity index (χ1) is 9.52. The van der Waals surface area contributed by atoms with Crippen LogP contribution in [0.4, 0.5) is 11.4 Å². The molecule has 1 aliphatic heterocycles. The molecule has 1 heterocycles. The third kappa shape index (κ3) is 2.74. The van der Waals surface area contributed by atoms with Gasteiger partial charge >= 0.3 is 5.97 Å². The lowest BCUT2D eigenvalue weighted by Crippen LogP contribution is -2.34. The molecule has 0 aromatic heterocycles. The number of hydrogen-bond donors (Lipinski definition) is 1. The molecule has 1 N–H and O–H groups in total. The summed E-state index contributed by atoms with van der Waals surface area (Å²) in [6.07, 6.45) is 3.99. The van der Waals surface area contributed by atoms with Gasteiger partial charge in [0.1, 0.15) is 5.69 Å². The van der Waals surface area contributed by atoms with Crippen LogP contribution in [0.15, 0.2) is 18.2 Å². The van der Waals surface area contributed by atoms with E-state index in [1.165, 1.54) is 18.2 Å². The minimum atomic E-state index is -1.12. The van der Waals surface area contributed by atoms with Crippen LogP contribution in [0.3, 0.4) is 0 Å². The van der Waals surface area contributed by atoms with Crippen molar-refractivity contribution in [1.29, 1.82) is 0 Å². The van der Waals surface area contributed by atoms with Gasteiger partial charge in [-0.05, 0) is 25.8 Å². The van der Waals surface area contributed by atoms with E-state index in [-0.39, 0.29) is 23.0 Å². The van der Waals surface area contributed by atoms with E-state index in [4.69, 9.17) is 0 Å². The number of carboxylic acid groups (broad SMARTS) is 1. The number of hydrogen-bond acceptors (Lipinski definition) is 4. The van der Waals surface area contributed by atoms with Crippen LogP contribution in [0.1, 0.15) is 43.0 Å². The molecule has 6 heteroatoms. The van der Waals surface area contributed by atoms with Crippen LogP contribution in [-0.2, 0) is 0 Å². The molecular weight excluding hydrogens is 260 g/mol. The van der Waals surface area contributed by atoms with Crippen molar-refractivity contribution in [2.24, 2.45) is 0 Å². The predicted octanol–water partition coefficient (Wildman–Crippen LogP) is 3.06. The molecule has 108 valence electrons. The maximum absolute atomic E-state index is 11.4. The van der Waals surface area contributed by atoms with Gasteiger partial charge in [-0.1, -0.05) is 18.9 Å². The van der Waals surface area contributed by atoms with Crippen LogP contribution in [-0.4, -0.2) is 28.6 Å². The fourth-order valence-corrected chi connectivity index (χ4v) is 2.76. The zero-order valence-electron chi connectivity index (χ0n) is 11.4.